The van der Waals surface area contributed by atoms with Gasteiger partial charge in [-0.25, -0.2) is 0 Å². The lowest BCUT2D eigenvalue weighted by Gasteiger charge is -2.24. The number of benzene rings is 1. The third-order valence-corrected chi connectivity index (χ3v) is 3.22. The molecule has 7 nitrogen and oxygen atoms in total. The number of nitrogens with two attached hydrogens (primary N) is 1. The summed E-state index contributed by atoms with van der Waals surface area (Å²) in [7, 11) is 0. The molecule has 4 unspecified atom stereocenters. The second kappa shape index (κ2) is 7.84. The van der Waals surface area contributed by atoms with Gasteiger partial charge in [0.1, 0.15) is 6.10 Å². The molecule has 21 heavy (non-hydrogen) atoms. The van der Waals surface area contributed by atoms with Gasteiger partial charge < -0.3 is 26.2 Å². The predicted molar refractivity (Wildman–Crippen MR) is 77.4 cm³/mol. The average molecular weight is 296 g/mol. The van der Waals surface area contributed by atoms with E-state index in [1.165, 1.54) is 13.0 Å². The summed E-state index contributed by atoms with van der Waals surface area (Å²) < 4.78 is 0. The first-order chi connectivity index (χ1) is 9.88. The summed E-state index contributed by atoms with van der Waals surface area (Å²) in [4.78, 5) is 15.1. The number of hydrogen-bond acceptors (Lipinski definition) is 6. The lowest BCUT2D eigenvalue weighted by Crippen LogP contribution is -2.40. The molecule has 0 aliphatic carbocycles. The van der Waals surface area contributed by atoms with Gasteiger partial charge in [0.15, 0.2) is 0 Å². The van der Waals surface area contributed by atoms with E-state index in [4.69, 9.17) is 10.8 Å². The number of aliphatic imine (C=N–C) groups is 1. The molecular formula is C14H20N2O5. The number of carbonyl (C=O) groups is 1. The fourth-order valence-corrected chi connectivity index (χ4v) is 1.74. The minimum atomic E-state index is -1.36. The lowest BCUT2D eigenvalue weighted by molar-refractivity contribution is -0.0423. The number of aliphatic hydroxyl groups is 4. The Morgan fingerprint density at radius 1 is 1.33 bits per heavy atom. The summed E-state index contributed by atoms with van der Waals surface area (Å²) in [6, 6.07) is 6.32. The highest BCUT2D eigenvalue weighted by Gasteiger charge is 2.27. The van der Waals surface area contributed by atoms with Crippen LogP contribution in [0.1, 0.15) is 17.3 Å². The van der Waals surface area contributed by atoms with Gasteiger partial charge in [-0.1, -0.05) is 19.1 Å². The van der Waals surface area contributed by atoms with E-state index in [0.717, 1.165) is 6.21 Å². The molecule has 0 bridgehead atoms. The molecular weight excluding hydrogens is 276 g/mol. The number of para-hydroxylation sites is 1. The van der Waals surface area contributed by atoms with Crippen LogP contribution in [-0.4, -0.2) is 57.5 Å². The molecule has 1 amide bonds. The maximum atomic E-state index is 11.2. The number of hydrogen-bond donors (Lipinski definition) is 5. The first kappa shape index (κ1) is 17.3. The Balaban J connectivity index is 2.83. The second-order valence-corrected chi connectivity index (χ2v) is 4.75. The number of primary amides is 1. The number of carbonyl (C=O) groups excluding carboxylic acids is 1. The zero-order valence-electron chi connectivity index (χ0n) is 11.6. The molecule has 4 atom stereocenters. The van der Waals surface area contributed by atoms with Crippen molar-refractivity contribution in [3.05, 3.63) is 29.8 Å². The van der Waals surface area contributed by atoms with E-state index in [9.17, 15) is 20.1 Å². The van der Waals surface area contributed by atoms with Crippen LogP contribution in [0.5, 0.6) is 0 Å². The molecule has 0 fully saturated rings. The van der Waals surface area contributed by atoms with Crippen LogP contribution in [0.2, 0.25) is 0 Å². The molecule has 7 heteroatoms. The quantitative estimate of drug-likeness (QED) is 0.420. The first-order valence-electron chi connectivity index (χ1n) is 6.46. The summed E-state index contributed by atoms with van der Waals surface area (Å²) >= 11 is 0. The lowest BCUT2D eigenvalue weighted by atomic mass is 9.95. The van der Waals surface area contributed by atoms with Crippen molar-refractivity contribution >= 4 is 17.8 Å². The highest BCUT2D eigenvalue weighted by Crippen LogP contribution is 2.18. The minimum Gasteiger partial charge on any atom is -0.394 e. The Bertz CT molecular complexity index is 506. The number of aliphatic hydroxyl groups excluding tert-OH is 4. The summed E-state index contributed by atoms with van der Waals surface area (Å²) in [6.07, 6.45) is -2.76. The predicted octanol–water partition coefficient (Wildman–Crippen LogP) is -0.801. The normalized spacial score (nSPS) is 17.4. The van der Waals surface area contributed by atoms with E-state index in [1.54, 1.807) is 18.2 Å². The molecule has 0 radical (unpaired) electrons. The summed E-state index contributed by atoms with van der Waals surface area (Å²) in [5.41, 5.74) is 5.66. The van der Waals surface area contributed by atoms with E-state index in [2.05, 4.69) is 4.99 Å². The van der Waals surface area contributed by atoms with Crippen LogP contribution in [0, 0.1) is 5.92 Å². The van der Waals surface area contributed by atoms with Crippen LogP contribution in [0.25, 0.3) is 0 Å². The van der Waals surface area contributed by atoms with E-state index >= 15 is 0 Å². The molecule has 0 aromatic heterocycles. The molecule has 0 heterocycles. The molecule has 0 aliphatic heterocycles. The van der Waals surface area contributed by atoms with Crippen LogP contribution in [-0.2, 0) is 0 Å². The van der Waals surface area contributed by atoms with Crippen LogP contribution >= 0.6 is 0 Å². The Morgan fingerprint density at radius 3 is 2.52 bits per heavy atom. The zero-order chi connectivity index (χ0) is 16.0. The smallest absolute Gasteiger partial charge is 0.250 e. The van der Waals surface area contributed by atoms with Gasteiger partial charge in [0.25, 0.3) is 5.91 Å². The van der Waals surface area contributed by atoms with Gasteiger partial charge >= 0.3 is 0 Å². The van der Waals surface area contributed by atoms with Gasteiger partial charge in [0.05, 0.1) is 30.1 Å². The van der Waals surface area contributed by atoms with Crippen molar-refractivity contribution in [3.8, 4) is 0 Å². The van der Waals surface area contributed by atoms with Gasteiger partial charge in [0.2, 0.25) is 0 Å². The molecule has 0 aliphatic rings. The second-order valence-electron chi connectivity index (χ2n) is 4.75. The zero-order valence-corrected chi connectivity index (χ0v) is 11.6. The fraction of sp³-hybridized carbons (Fsp3) is 0.429. The first-order valence-corrected chi connectivity index (χ1v) is 6.46. The highest BCUT2D eigenvalue weighted by atomic mass is 16.3. The molecule has 0 saturated carbocycles. The number of nitrogens with zero attached hydrogens (tertiary/aromatic N) is 1. The van der Waals surface area contributed by atoms with Crippen LogP contribution in [0.4, 0.5) is 5.69 Å². The average Bonchev–Trinajstić information content (AvgIpc) is 2.50. The molecule has 0 saturated heterocycles. The largest absolute Gasteiger partial charge is 0.394 e. The van der Waals surface area contributed by atoms with E-state index in [0.29, 0.717) is 0 Å². The van der Waals surface area contributed by atoms with Crippen molar-refractivity contribution in [1.82, 2.24) is 0 Å². The van der Waals surface area contributed by atoms with E-state index in [-0.39, 0.29) is 11.3 Å². The molecule has 1 aromatic rings. The molecule has 1 aromatic carbocycles. The van der Waals surface area contributed by atoms with Crippen LogP contribution < -0.4 is 5.73 Å². The summed E-state index contributed by atoms with van der Waals surface area (Å²) in [6.45, 7) is 0.965. The van der Waals surface area contributed by atoms with Gasteiger partial charge in [-0.15, -0.1) is 0 Å². The van der Waals surface area contributed by atoms with Crippen molar-refractivity contribution in [3.63, 3.8) is 0 Å². The molecule has 6 N–H and O–H groups in total. The third kappa shape index (κ3) is 4.61. The Kier molecular flexibility index (Phi) is 6.44. The van der Waals surface area contributed by atoms with Crippen LogP contribution in [0.15, 0.2) is 29.3 Å². The molecule has 116 valence electrons. The SMILES string of the molecule is CC(C(O)CO)C(O)C(O)C=Nc1ccccc1C(N)=O. The maximum absolute atomic E-state index is 11.2. The Hall–Kier alpha value is -1.80. The number of rotatable bonds is 7. The fourth-order valence-electron chi connectivity index (χ4n) is 1.74. The standard InChI is InChI=1S/C14H20N2O5/c1-8(12(19)7-17)13(20)11(18)6-16-10-5-3-2-4-9(10)14(15)21/h2-6,8,11-13,17-20H,7H2,1H3,(H2,15,21). The Morgan fingerprint density at radius 2 is 1.95 bits per heavy atom. The Labute approximate surface area is 122 Å². The van der Waals surface area contributed by atoms with Crippen LogP contribution in [0.3, 0.4) is 0 Å². The minimum absolute atomic E-state index is 0.193. The molecule has 1 rings (SSSR count). The third-order valence-electron chi connectivity index (χ3n) is 3.22. The van der Waals surface area contributed by atoms with Gasteiger partial charge in [0, 0.05) is 12.1 Å². The summed E-state index contributed by atoms with van der Waals surface area (Å²) in [5.74, 6) is -1.40. The summed E-state index contributed by atoms with van der Waals surface area (Å²) in [5, 5.41) is 37.9. The van der Waals surface area contributed by atoms with Gasteiger partial charge in [-0.05, 0) is 12.1 Å². The van der Waals surface area contributed by atoms with Crippen molar-refractivity contribution in [1.29, 1.82) is 0 Å². The number of amides is 1. The van der Waals surface area contributed by atoms with Crippen molar-refractivity contribution in [2.45, 2.75) is 25.2 Å². The van der Waals surface area contributed by atoms with Crippen molar-refractivity contribution in [2.24, 2.45) is 16.6 Å². The van der Waals surface area contributed by atoms with Gasteiger partial charge in [-0.3, -0.25) is 9.79 Å². The highest BCUT2D eigenvalue weighted by molar-refractivity contribution is 5.98. The maximum Gasteiger partial charge on any atom is 0.250 e. The monoisotopic (exact) mass is 296 g/mol. The van der Waals surface area contributed by atoms with Gasteiger partial charge in [-0.2, -0.15) is 0 Å². The van der Waals surface area contributed by atoms with Crippen molar-refractivity contribution in [2.75, 3.05) is 6.61 Å². The molecule has 0 spiro atoms. The topological polar surface area (TPSA) is 136 Å². The van der Waals surface area contributed by atoms with E-state index in [1.807, 2.05) is 0 Å². The van der Waals surface area contributed by atoms with E-state index < -0.39 is 36.7 Å². The van der Waals surface area contributed by atoms with Crippen molar-refractivity contribution < 1.29 is 25.2 Å².